The Hall–Kier alpha value is -1.33. The Labute approximate surface area is 85.9 Å². The van der Waals surface area contributed by atoms with E-state index in [9.17, 15) is 0 Å². The standard InChI is InChI=1S/C9H10N4S/c1-6-7(4-10)13-8(5-12-6)9-11-2-3-14-9/h2-3,5H,4,10H2,1H3. The van der Waals surface area contributed by atoms with Crippen LogP contribution < -0.4 is 5.73 Å². The third-order valence-corrected chi connectivity index (χ3v) is 2.69. The molecule has 2 aromatic heterocycles. The first-order valence-corrected chi connectivity index (χ1v) is 5.11. The Balaban J connectivity index is 2.46. The Morgan fingerprint density at radius 1 is 1.43 bits per heavy atom. The number of thiazole rings is 1. The summed E-state index contributed by atoms with van der Waals surface area (Å²) in [5.74, 6) is 0. The van der Waals surface area contributed by atoms with Crippen molar-refractivity contribution in [2.24, 2.45) is 5.73 Å². The monoisotopic (exact) mass is 206 g/mol. The molecule has 2 heterocycles. The van der Waals surface area contributed by atoms with Gasteiger partial charge in [0.05, 0.1) is 17.6 Å². The highest BCUT2D eigenvalue weighted by Crippen LogP contribution is 2.19. The molecular formula is C9H10N4S. The van der Waals surface area contributed by atoms with Gasteiger partial charge in [-0.25, -0.2) is 9.97 Å². The normalized spacial score (nSPS) is 10.4. The average Bonchev–Trinajstić information content (AvgIpc) is 2.71. The lowest BCUT2D eigenvalue weighted by molar-refractivity contribution is 0.932. The van der Waals surface area contributed by atoms with Gasteiger partial charge in [-0.1, -0.05) is 0 Å². The summed E-state index contributed by atoms with van der Waals surface area (Å²) in [4.78, 5) is 12.8. The Morgan fingerprint density at radius 3 is 2.93 bits per heavy atom. The topological polar surface area (TPSA) is 64.7 Å². The largest absolute Gasteiger partial charge is 0.325 e. The SMILES string of the molecule is Cc1ncc(-c2nccs2)nc1CN. The van der Waals surface area contributed by atoms with Gasteiger partial charge in [-0.2, -0.15) is 0 Å². The van der Waals surface area contributed by atoms with E-state index in [4.69, 9.17) is 5.73 Å². The second-order valence-electron chi connectivity index (χ2n) is 2.83. The molecule has 0 atom stereocenters. The molecule has 0 saturated heterocycles. The summed E-state index contributed by atoms with van der Waals surface area (Å²) in [5, 5.41) is 2.80. The van der Waals surface area contributed by atoms with Gasteiger partial charge in [0.25, 0.3) is 0 Å². The molecule has 4 nitrogen and oxygen atoms in total. The molecule has 2 N–H and O–H groups in total. The molecule has 0 aliphatic heterocycles. The van der Waals surface area contributed by atoms with Crippen LogP contribution in [0.15, 0.2) is 17.8 Å². The highest BCUT2D eigenvalue weighted by Gasteiger charge is 2.05. The zero-order valence-electron chi connectivity index (χ0n) is 7.77. The number of aromatic nitrogens is 3. The summed E-state index contributed by atoms with van der Waals surface area (Å²) in [6.45, 7) is 2.32. The van der Waals surface area contributed by atoms with E-state index >= 15 is 0 Å². The van der Waals surface area contributed by atoms with Crippen LogP contribution in [0.1, 0.15) is 11.4 Å². The average molecular weight is 206 g/mol. The predicted octanol–water partition coefficient (Wildman–Crippen LogP) is 1.37. The van der Waals surface area contributed by atoms with Gasteiger partial charge in [0, 0.05) is 18.1 Å². The van der Waals surface area contributed by atoms with Gasteiger partial charge in [-0.3, -0.25) is 4.98 Å². The van der Waals surface area contributed by atoms with Crippen molar-refractivity contribution in [3.8, 4) is 10.7 Å². The zero-order valence-corrected chi connectivity index (χ0v) is 8.58. The maximum atomic E-state index is 5.55. The van der Waals surface area contributed by atoms with E-state index in [-0.39, 0.29) is 0 Å². The van der Waals surface area contributed by atoms with Gasteiger partial charge in [0.2, 0.25) is 0 Å². The minimum atomic E-state index is 0.415. The van der Waals surface area contributed by atoms with Crippen molar-refractivity contribution in [1.29, 1.82) is 0 Å². The van der Waals surface area contributed by atoms with E-state index in [1.807, 2.05) is 12.3 Å². The van der Waals surface area contributed by atoms with Crippen LogP contribution in [0.4, 0.5) is 0 Å². The van der Waals surface area contributed by atoms with Crippen molar-refractivity contribution in [3.05, 3.63) is 29.2 Å². The number of hydrogen-bond acceptors (Lipinski definition) is 5. The molecule has 0 radical (unpaired) electrons. The first kappa shape index (κ1) is 9.23. The van der Waals surface area contributed by atoms with Crippen LogP contribution in [0.25, 0.3) is 10.7 Å². The molecule has 0 bridgehead atoms. The molecular weight excluding hydrogens is 196 g/mol. The molecule has 0 spiro atoms. The third-order valence-electron chi connectivity index (χ3n) is 1.90. The Morgan fingerprint density at radius 2 is 2.29 bits per heavy atom. The van der Waals surface area contributed by atoms with Gasteiger partial charge in [-0.05, 0) is 6.92 Å². The summed E-state index contributed by atoms with van der Waals surface area (Å²) in [5.41, 5.74) is 8.06. The summed E-state index contributed by atoms with van der Waals surface area (Å²) in [7, 11) is 0. The van der Waals surface area contributed by atoms with E-state index in [0.29, 0.717) is 6.54 Å². The van der Waals surface area contributed by atoms with Crippen LogP contribution in [-0.4, -0.2) is 15.0 Å². The lowest BCUT2D eigenvalue weighted by Crippen LogP contribution is -2.04. The predicted molar refractivity (Wildman–Crippen MR) is 55.8 cm³/mol. The van der Waals surface area contributed by atoms with Gasteiger partial charge in [-0.15, -0.1) is 11.3 Å². The highest BCUT2D eigenvalue weighted by atomic mass is 32.1. The van der Waals surface area contributed by atoms with E-state index in [2.05, 4.69) is 15.0 Å². The first-order chi connectivity index (χ1) is 6.81. The summed E-state index contributed by atoms with van der Waals surface area (Å²) < 4.78 is 0. The number of hydrogen-bond donors (Lipinski definition) is 1. The molecule has 0 unspecified atom stereocenters. The van der Waals surface area contributed by atoms with Crippen molar-refractivity contribution in [2.75, 3.05) is 0 Å². The number of nitrogens with zero attached hydrogens (tertiary/aromatic N) is 3. The summed E-state index contributed by atoms with van der Waals surface area (Å²) >= 11 is 1.55. The smallest absolute Gasteiger partial charge is 0.143 e. The van der Waals surface area contributed by atoms with Crippen LogP contribution in [0.5, 0.6) is 0 Å². The fraction of sp³-hybridized carbons (Fsp3) is 0.222. The van der Waals surface area contributed by atoms with Crippen molar-refractivity contribution in [3.63, 3.8) is 0 Å². The van der Waals surface area contributed by atoms with Crippen molar-refractivity contribution < 1.29 is 0 Å². The molecule has 0 amide bonds. The van der Waals surface area contributed by atoms with Crippen molar-refractivity contribution >= 4 is 11.3 Å². The van der Waals surface area contributed by atoms with Gasteiger partial charge in [0.15, 0.2) is 0 Å². The van der Waals surface area contributed by atoms with Crippen LogP contribution in [0, 0.1) is 6.92 Å². The number of rotatable bonds is 2. The van der Waals surface area contributed by atoms with Gasteiger partial charge >= 0.3 is 0 Å². The fourth-order valence-corrected chi connectivity index (χ4v) is 1.73. The molecule has 0 aliphatic rings. The van der Waals surface area contributed by atoms with Crippen LogP contribution in [-0.2, 0) is 6.54 Å². The van der Waals surface area contributed by atoms with Crippen molar-refractivity contribution in [2.45, 2.75) is 13.5 Å². The molecule has 0 aliphatic carbocycles. The Kier molecular flexibility index (Phi) is 2.51. The molecule has 14 heavy (non-hydrogen) atoms. The minimum absolute atomic E-state index is 0.415. The number of aryl methyl sites for hydroxylation is 1. The van der Waals surface area contributed by atoms with E-state index in [0.717, 1.165) is 22.1 Å². The Bertz CT molecular complexity index is 424. The second kappa shape index (κ2) is 3.81. The van der Waals surface area contributed by atoms with Crippen LogP contribution in [0.3, 0.4) is 0 Å². The van der Waals surface area contributed by atoms with Gasteiger partial charge < -0.3 is 5.73 Å². The van der Waals surface area contributed by atoms with Crippen molar-refractivity contribution in [1.82, 2.24) is 15.0 Å². The molecule has 0 saturated carbocycles. The van der Waals surface area contributed by atoms with Crippen LogP contribution in [0.2, 0.25) is 0 Å². The molecule has 0 fully saturated rings. The minimum Gasteiger partial charge on any atom is -0.325 e. The molecule has 2 rings (SSSR count). The summed E-state index contributed by atoms with van der Waals surface area (Å²) in [6, 6.07) is 0. The molecule has 2 aromatic rings. The maximum absolute atomic E-state index is 5.55. The second-order valence-corrected chi connectivity index (χ2v) is 3.72. The lowest BCUT2D eigenvalue weighted by atomic mass is 10.3. The number of nitrogens with two attached hydrogens (primary N) is 1. The zero-order chi connectivity index (χ0) is 9.97. The van der Waals surface area contributed by atoms with Gasteiger partial charge in [0.1, 0.15) is 10.7 Å². The molecule has 72 valence electrons. The maximum Gasteiger partial charge on any atom is 0.143 e. The molecule has 5 heteroatoms. The third kappa shape index (κ3) is 1.64. The summed E-state index contributed by atoms with van der Waals surface area (Å²) in [6.07, 6.45) is 3.48. The van der Waals surface area contributed by atoms with E-state index in [1.54, 1.807) is 23.7 Å². The van der Waals surface area contributed by atoms with E-state index < -0.39 is 0 Å². The highest BCUT2D eigenvalue weighted by molar-refractivity contribution is 7.13. The lowest BCUT2D eigenvalue weighted by Gasteiger charge is -2.02. The quantitative estimate of drug-likeness (QED) is 0.806. The fourth-order valence-electron chi connectivity index (χ4n) is 1.13. The van der Waals surface area contributed by atoms with E-state index in [1.165, 1.54) is 0 Å². The first-order valence-electron chi connectivity index (χ1n) is 4.23. The van der Waals surface area contributed by atoms with Crippen LogP contribution >= 0.6 is 11.3 Å². The molecule has 0 aromatic carbocycles.